The van der Waals surface area contributed by atoms with Gasteiger partial charge in [-0.15, -0.1) is 0 Å². The lowest BCUT2D eigenvalue weighted by atomic mass is 10.1. The molecule has 0 unspecified atom stereocenters. The fraction of sp³-hybridized carbons (Fsp3) is 0.529. The first-order valence-electron chi connectivity index (χ1n) is 7.55. The van der Waals surface area contributed by atoms with E-state index >= 15 is 0 Å². The highest BCUT2D eigenvalue weighted by molar-refractivity contribution is 5.78. The van der Waals surface area contributed by atoms with Crippen LogP contribution in [0.4, 0.5) is 0 Å². The van der Waals surface area contributed by atoms with Gasteiger partial charge in [-0.1, -0.05) is 44.2 Å². The second-order valence-electron chi connectivity index (χ2n) is 5.69. The Bertz CT molecular complexity index is 443. The summed E-state index contributed by atoms with van der Waals surface area (Å²) in [5, 5.41) is 2.90. The van der Waals surface area contributed by atoms with Gasteiger partial charge in [-0.2, -0.15) is 0 Å². The summed E-state index contributed by atoms with van der Waals surface area (Å²) in [5.74, 6) is 0.441. The van der Waals surface area contributed by atoms with Crippen molar-refractivity contribution in [1.82, 2.24) is 10.2 Å². The van der Waals surface area contributed by atoms with Crippen LogP contribution in [0.5, 0.6) is 0 Å². The van der Waals surface area contributed by atoms with E-state index in [-0.39, 0.29) is 11.8 Å². The van der Waals surface area contributed by atoms with Crippen LogP contribution in [0.25, 0.3) is 0 Å². The Morgan fingerprint density at radius 2 is 1.86 bits per heavy atom. The molecule has 1 aromatic rings. The van der Waals surface area contributed by atoms with Crippen LogP contribution in [0.3, 0.4) is 0 Å². The maximum atomic E-state index is 11.8. The van der Waals surface area contributed by atoms with Crippen LogP contribution in [0.1, 0.15) is 32.8 Å². The van der Waals surface area contributed by atoms with Crippen LogP contribution in [-0.4, -0.2) is 36.3 Å². The van der Waals surface area contributed by atoms with E-state index in [9.17, 15) is 9.59 Å². The lowest BCUT2D eigenvalue weighted by Gasteiger charge is -2.22. The number of benzene rings is 1. The average Bonchev–Trinajstić information content (AvgIpc) is 2.44. The number of amides is 2. The van der Waals surface area contributed by atoms with Crippen LogP contribution in [0, 0.1) is 5.92 Å². The maximum Gasteiger partial charge on any atom is 0.221 e. The molecule has 0 aliphatic carbocycles. The molecule has 1 aromatic carbocycles. The van der Waals surface area contributed by atoms with E-state index in [1.807, 2.05) is 30.3 Å². The molecule has 4 nitrogen and oxygen atoms in total. The standard InChI is InChI=1S/C17H26N2O2/c1-14(2)13-19(15(3)20)12-10-17(21)18-11-9-16-7-5-4-6-8-16/h4-8,14H,9-13H2,1-3H3,(H,18,21). The second kappa shape index (κ2) is 9.16. The zero-order valence-electron chi connectivity index (χ0n) is 13.3. The van der Waals surface area contributed by atoms with Crippen LogP contribution >= 0.6 is 0 Å². The number of hydrogen-bond donors (Lipinski definition) is 1. The minimum absolute atomic E-state index is 0.000868. The second-order valence-corrected chi connectivity index (χ2v) is 5.69. The molecule has 0 radical (unpaired) electrons. The molecule has 1 N–H and O–H groups in total. The first-order chi connectivity index (χ1) is 9.99. The number of hydrogen-bond acceptors (Lipinski definition) is 2. The highest BCUT2D eigenvalue weighted by Gasteiger charge is 2.12. The van der Waals surface area contributed by atoms with Crippen molar-refractivity contribution < 1.29 is 9.59 Å². The van der Waals surface area contributed by atoms with Gasteiger partial charge in [0.25, 0.3) is 0 Å². The van der Waals surface area contributed by atoms with Gasteiger partial charge in [-0.25, -0.2) is 0 Å². The number of nitrogens with one attached hydrogen (secondary N) is 1. The maximum absolute atomic E-state index is 11.8. The van der Waals surface area contributed by atoms with E-state index in [1.165, 1.54) is 5.56 Å². The Hall–Kier alpha value is -1.84. The summed E-state index contributed by atoms with van der Waals surface area (Å²) in [6, 6.07) is 10.1. The first kappa shape index (κ1) is 17.2. The van der Waals surface area contributed by atoms with Gasteiger partial charge in [0.2, 0.25) is 11.8 Å². The van der Waals surface area contributed by atoms with Gasteiger partial charge in [0.05, 0.1) is 0 Å². The van der Waals surface area contributed by atoms with Gasteiger partial charge in [-0.05, 0) is 17.9 Å². The fourth-order valence-corrected chi connectivity index (χ4v) is 2.13. The number of carbonyl (C=O) groups is 2. The first-order valence-corrected chi connectivity index (χ1v) is 7.55. The van der Waals surface area contributed by atoms with Crippen LogP contribution in [0.15, 0.2) is 30.3 Å². The van der Waals surface area contributed by atoms with Crippen LogP contribution in [0.2, 0.25) is 0 Å². The molecule has 0 bridgehead atoms. The van der Waals surface area contributed by atoms with Crippen molar-refractivity contribution in [3.63, 3.8) is 0 Å². The van der Waals surface area contributed by atoms with E-state index in [0.717, 1.165) is 6.42 Å². The molecule has 0 saturated heterocycles. The quantitative estimate of drug-likeness (QED) is 0.798. The molecule has 0 spiro atoms. The molecule has 0 heterocycles. The fourth-order valence-electron chi connectivity index (χ4n) is 2.13. The predicted octanol–water partition coefficient (Wildman–Crippen LogP) is 2.24. The zero-order chi connectivity index (χ0) is 15.7. The molecule has 0 aromatic heterocycles. The molecule has 1 rings (SSSR count). The van der Waals surface area contributed by atoms with E-state index in [0.29, 0.717) is 32.0 Å². The highest BCUT2D eigenvalue weighted by atomic mass is 16.2. The molecule has 0 saturated carbocycles. The molecular formula is C17H26N2O2. The van der Waals surface area contributed by atoms with Crippen molar-refractivity contribution in [2.24, 2.45) is 5.92 Å². The van der Waals surface area contributed by atoms with Crippen LogP contribution < -0.4 is 5.32 Å². The topological polar surface area (TPSA) is 49.4 Å². The Morgan fingerprint density at radius 3 is 2.43 bits per heavy atom. The lowest BCUT2D eigenvalue weighted by Crippen LogP contribution is -2.36. The van der Waals surface area contributed by atoms with Gasteiger partial charge >= 0.3 is 0 Å². The van der Waals surface area contributed by atoms with Gasteiger partial charge in [0.15, 0.2) is 0 Å². The predicted molar refractivity (Wildman–Crippen MR) is 84.9 cm³/mol. The molecular weight excluding hydrogens is 264 g/mol. The van der Waals surface area contributed by atoms with Crippen molar-refractivity contribution in [1.29, 1.82) is 0 Å². The Morgan fingerprint density at radius 1 is 1.19 bits per heavy atom. The van der Waals surface area contributed by atoms with Gasteiger partial charge in [0.1, 0.15) is 0 Å². The van der Waals surface area contributed by atoms with Gasteiger partial charge in [0, 0.05) is 33.0 Å². The normalized spacial score (nSPS) is 10.5. The van der Waals surface area contributed by atoms with E-state index in [1.54, 1.807) is 11.8 Å². The molecule has 2 amide bonds. The average molecular weight is 290 g/mol. The van der Waals surface area contributed by atoms with Crippen molar-refractivity contribution in [2.45, 2.75) is 33.6 Å². The lowest BCUT2D eigenvalue weighted by molar-refractivity contribution is -0.130. The van der Waals surface area contributed by atoms with Gasteiger partial charge in [-0.3, -0.25) is 9.59 Å². The molecule has 0 fully saturated rings. The summed E-state index contributed by atoms with van der Waals surface area (Å²) in [6.07, 6.45) is 1.19. The summed E-state index contributed by atoms with van der Waals surface area (Å²) in [5.41, 5.74) is 1.21. The van der Waals surface area contributed by atoms with E-state index < -0.39 is 0 Å². The summed E-state index contributed by atoms with van der Waals surface area (Å²) < 4.78 is 0. The minimum atomic E-state index is 0.000868. The summed E-state index contributed by atoms with van der Waals surface area (Å²) >= 11 is 0. The SMILES string of the molecule is CC(=O)N(CCC(=O)NCCc1ccccc1)CC(C)C. The number of nitrogens with zero attached hydrogens (tertiary/aromatic N) is 1. The summed E-state index contributed by atoms with van der Waals surface area (Å²) in [7, 11) is 0. The van der Waals surface area contributed by atoms with Gasteiger partial charge < -0.3 is 10.2 Å². The van der Waals surface area contributed by atoms with E-state index in [2.05, 4.69) is 19.2 Å². The zero-order valence-corrected chi connectivity index (χ0v) is 13.3. The van der Waals surface area contributed by atoms with Crippen molar-refractivity contribution >= 4 is 11.8 Å². The number of rotatable bonds is 8. The highest BCUT2D eigenvalue weighted by Crippen LogP contribution is 2.01. The van der Waals surface area contributed by atoms with Crippen molar-refractivity contribution in [2.75, 3.05) is 19.6 Å². The summed E-state index contributed by atoms with van der Waals surface area (Å²) in [4.78, 5) is 25.0. The largest absolute Gasteiger partial charge is 0.356 e. The number of carbonyl (C=O) groups excluding carboxylic acids is 2. The Kier molecular flexibility index (Phi) is 7.51. The smallest absolute Gasteiger partial charge is 0.221 e. The molecule has 21 heavy (non-hydrogen) atoms. The Balaban J connectivity index is 2.25. The third kappa shape index (κ3) is 7.49. The third-order valence-corrected chi connectivity index (χ3v) is 3.22. The summed E-state index contributed by atoms with van der Waals surface area (Å²) in [6.45, 7) is 7.51. The minimum Gasteiger partial charge on any atom is -0.356 e. The Labute approximate surface area is 127 Å². The molecule has 4 heteroatoms. The molecule has 0 aliphatic rings. The molecule has 0 atom stereocenters. The van der Waals surface area contributed by atoms with Crippen molar-refractivity contribution in [3.8, 4) is 0 Å². The molecule has 116 valence electrons. The van der Waals surface area contributed by atoms with Crippen molar-refractivity contribution in [3.05, 3.63) is 35.9 Å². The van der Waals surface area contributed by atoms with E-state index in [4.69, 9.17) is 0 Å². The van der Waals surface area contributed by atoms with Crippen LogP contribution in [-0.2, 0) is 16.0 Å². The monoisotopic (exact) mass is 290 g/mol. The third-order valence-electron chi connectivity index (χ3n) is 3.22. The molecule has 0 aliphatic heterocycles.